The molecule has 0 amide bonds. The minimum atomic E-state index is 0.496. The van der Waals surface area contributed by atoms with Crippen LogP contribution in [0, 0.1) is 11.8 Å². The second-order valence-corrected chi connectivity index (χ2v) is 14.3. The van der Waals surface area contributed by atoms with Crippen LogP contribution in [0.4, 0.5) is 0 Å². The van der Waals surface area contributed by atoms with Gasteiger partial charge in [-0.1, -0.05) is 146 Å². The molecule has 7 aromatic carbocycles. The molecule has 3 aliphatic carbocycles. The Labute approximate surface area is 302 Å². The molecule has 1 aromatic heterocycles. The van der Waals surface area contributed by atoms with E-state index in [1.807, 2.05) is 18.2 Å². The van der Waals surface area contributed by atoms with Gasteiger partial charge in [-0.3, -0.25) is 0 Å². The van der Waals surface area contributed by atoms with E-state index in [-0.39, 0.29) is 0 Å². The Morgan fingerprint density at radius 2 is 1.19 bits per heavy atom. The van der Waals surface area contributed by atoms with Crippen LogP contribution in [0.3, 0.4) is 0 Å². The van der Waals surface area contributed by atoms with Gasteiger partial charge in [-0.2, -0.15) is 0 Å². The van der Waals surface area contributed by atoms with E-state index >= 15 is 0 Å². The Kier molecular flexibility index (Phi) is 6.50. The Morgan fingerprint density at radius 1 is 0.481 bits per heavy atom. The average Bonchev–Trinajstić information content (AvgIpc) is 3.92. The van der Waals surface area contributed by atoms with Gasteiger partial charge in [0.15, 0.2) is 17.5 Å². The highest BCUT2D eigenvalue weighted by Gasteiger charge is 2.41. The SMILES string of the molecule is C1=CC2CC2C(c2nc(-c3ccccc3)nc(-c3cccc(-c4cc5c(c6ccccc46)Cc4cccc(-c6ccc7ccccc7c6)c4-5)c3)n2)=C1. The maximum atomic E-state index is 5.16. The van der Waals surface area contributed by atoms with E-state index in [1.165, 1.54) is 66.1 Å². The van der Waals surface area contributed by atoms with Crippen molar-refractivity contribution in [1.29, 1.82) is 0 Å². The van der Waals surface area contributed by atoms with Gasteiger partial charge < -0.3 is 0 Å². The van der Waals surface area contributed by atoms with Crippen molar-refractivity contribution in [3.05, 3.63) is 181 Å². The molecule has 2 atom stereocenters. The van der Waals surface area contributed by atoms with Gasteiger partial charge >= 0.3 is 0 Å². The quantitative estimate of drug-likeness (QED) is 0.184. The fourth-order valence-electron chi connectivity index (χ4n) is 8.57. The van der Waals surface area contributed by atoms with Crippen molar-refractivity contribution in [3.8, 4) is 56.2 Å². The third-order valence-corrected chi connectivity index (χ3v) is 11.2. The van der Waals surface area contributed by atoms with E-state index in [0.717, 1.165) is 35.4 Å². The molecule has 3 nitrogen and oxygen atoms in total. The first kappa shape index (κ1) is 29.3. The smallest absolute Gasteiger partial charge is 0.164 e. The highest BCUT2D eigenvalue weighted by molar-refractivity contribution is 6.07. The first-order valence-electron chi connectivity index (χ1n) is 18.2. The van der Waals surface area contributed by atoms with Crippen molar-refractivity contribution < 1.29 is 0 Å². The number of nitrogens with zero attached hydrogens (tertiary/aromatic N) is 3. The molecule has 0 bridgehead atoms. The molecule has 0 saturated heterocycles. The average molecular weight is 664 g/mol. The minimum absolute atomic E-state index is 0.496. The van der Waals surface area contributed by atoms with Crippen LogP contribution in [0.2, 0.25) is 0 Å². The standard InChI is InChI=1S/C49H33N3/c1-2-12-31(13-3-1)47-50-48(52-49(51-47)41-22-9-16-34-27-42(34)41)37-18-8-15-33(26-37)43-29-45-44(40-20-7-6-19-39(40)43)28-36-17-10-21-38(46(36)45)35-24-23-30-11-4-5-14-32(30)25-35/h1-26,29,34,42H,27-28H2. The lowest BCUT2D eigenvalue weighted by Crippen LogP contribution is -2.05. The molecule has 2 unspecified atom stereocenters. The molecule has 244 valence electrons. The molecule has 52 heavy (non-hydrogen) atoms. The van der Waals surface area contributed by atoms with Crippen LogP contribution in [0.5, 0.6) is 0 Å². The summed E-state index contributed by atoms with van der Waals surface area (Å²) in [6.07, 6.45) is 8.76. The lowest BCUT2D eigenvalue weighted by Gasteiger charge is -2.16. The van der Waals surface area contributed by atoms with Crippen molar-refractivity contribution in [3.63, 3.8) is 0 Å². The minimum Gasteiger partial charge on any atom is -0.209 e. The summed E-state index contributed by atoms with van der Waals surface area (Å²) in [7, 11) is 0. The summed E-state index contributed by atoms with van der Waals surface area (Å²) >= 11 is 0. The third-order valence-electron chi connectivity index (χ3n) is 11.2. The molecule has 1 fully saturated rings. The fourth-order valence-corrected chi connectivity index (χ4v) is 8.57. The molecule has 11 rings (SSSR count). The van der Waals surface area contributed by atoms with Gasteiger partial charge in [-0.15, -0.1) is 0 Å². The largest absolute Gasteiger partial charge is 0.209 e. The first-order chi connectivity index (χ1) is 25.7. The van der Waals surface area contributed by atoms with E-state index in [4.69, 9.17) is 15.0 Å². The summed E-state index contributed by atoms with van der Waals surface area (Å²) in [6, 6.07) is 52.7. The predicted octanol–water partition coefficient (Wildman–Crippen LogP) is 12.0. The van der Waals surface area contributed by atoms with E-state index in [0.29, 0.717) is 23.5 Å². The lowest BCUT2D eigenvalue weighted by molar-refractivity contribution is 0.949. The highest BCUT2D eigenvalue weighted by atomic mass is 15.0. The molecule has 1 saturated carbocycles. The molecule has 1 heterocycles. The van der Waals surface area contributed by atoms with Crippen molar-refractivity contribution in [1.82, 2.24) is 15.0 Å². The van der Waals surface area contributed by atoms with Crippen LogP contribution in [0.25, 0.3) is 83.3 Å². The molecule has 8 aromatic rings. The summed E-state index contributed by atoms with van der Waals surface area (Å²) in [6.45, 7) is 0. The van der Waals surface area contributed by atoms with Crippen LogP contribution >= 0.6 is 0 Å². The predicted molar refractivity (Wildman–Crippen MR) is 214 cm³/mol. The number of allylic oxidation sites excluding steroid dienone is 4. The van der Waals surface area contributed by atoms with Crippen LogP contribution in [-0.2, 0) is 6.42 Å². The van der Waals surface area contributed by atoms with Gasteiger partial charge in [0.1, 0.15) is 0 Å². The van der Waals surface area contributed by atoms with Gasteiger partial charge in [-0.25, -0.2) is 15.0 Å². The van der Waals surface area contributed by atoms with Gasteiger partial charge in [0.25, 0.3) is 0 Å². The Hall–Kier alpha value is -6.45. The zero-order chi connectivity index (χ0) is 34.2. The van der Waals surface area contributed by atoms with Crippen molar-refractivity contribution >= 4 is 27.1 Å². The molecule has 3 aliphatic rings. The Morgan fingerprint density at radius 3 is 2.10 bits per heavy atom. The van der Waals surface area contributed by atoms with Crippen molar-refractivity contribution in [2.75, 3.05) is 0 Å². The van der Waals surface area contributed by atoms with Crippen LogP contribution in [-0.4, -0.2) is 15.0 Å². The third kappa shape index (κ3) is 4.77. The van der Waals surface area contributed by atoms with Gasteiger partial charge in [0.2, 0.25) is 0 Å². The molecule has 0 spiro atoms. The summed E-state index contributed by atoms with van der Waals surface area (Å²) in [5, 5.41) is 5.10. The van der Waals surface area contributed by atoms with Gasteiger partial charge in [-0.05, 0) is 109 Å². The maximum absolute atomic E-state index is 5.16. The zero-order valence-electron chi connectivity index (χ0n) is 28.5. The molecule has 0 N–H and O–H groups in total. The van der Waals surface area contributed by atoms with E-state index in [1.54, 1.807) is 0 Å². The summed E-state index contributed by atoms with van der Waals surface area (Å²) in [5.74, 6) is 3.29. The van der Waals surface area contributed by atoms with Crippen molar-refractivity contribution in [2.45, 2.75) is 12.8 Å². The van der Waals surface area contributed by atoms with Crippen LogP contribution in [0.15, 0.2) is 164 Å². The summed E-state index contributed by atoms with van der Waals surface area (Å²) in [5.41, 5.74) is 13.6. The second kappa shape index (κ2) is 11.5. The lowest BCUT2D eigenvalue weighted by atomic mass is 9.88. The maximum Gasteiger partial charge on any atom is 0.164 e. The molecule has 3 heteroatoms. The molecule has 0 aliphatic heterocycles. The highest BCUT2D eigenvalue weighted by Crippen LogP contribution is 2.51. The van der Waals surface area contributed by atoms with E-state index in [2.05, 4.69) is 146 Å². The van der Waals surface area contributed by atoms with Crippen molar-refractivity contribution in [2.24, 2.45) is 11.8 Å². The Bertz CT molecular complexity index is 2810. The fraction of sp³-hybridized carbons (Fsp3) is 0.0816. The van der Waals surface area contributed by atoms with Gasteiger partial charge in [0, 0.05) is 16.7 Å². The summed E-state index contributed by atoms with van der Waals surface area (Å²) < 4.78 is 0. The topological polar surface area (TPSA) is 38.7 Å². The number of fused-ring (bicyclic) bond motifs is 7. The number of hydrogen-bond donors (Lipinski definition) is 0. The van der Waals surface area contributed by atoms with Crippen LogP contribution < -0.4 is 0 Å². The second-order valence-electron chi connectivity index (χ2n) is 14.3. The zero-order valence-corrected chi connectivity index (χ0v) is 28.5. The monoisotopic (exact) mass is 663 g/mol. The first-order valence-corrected chi connectivity index (χ1v) is 18.2. The number of benzene rings is 7. The summed E-state index contributed by atoms with van der Waals surface area (Å²) in [4.78, 5) is 15.3. The van der Waals surface area contributed by atoms with Gasteiger partial charge in [0.05, 0.1) is 0 Å². The molecule has 0 radical (unpaired) electrons. The van der Waals surface area contributed by atoms with E-state index < -0.39 is 0 Å². The Balaban J connectivity index is 1.08. The number of aromatic nitrogens is 3. The molecular formula is C49H33N3. The van der Waals surface area contributed by atoms with E-state index in [9.17, 15) is 0 Å². The normalized spacial score (nSPS) is 16.7. The number of hydrogen-bond acceptors (Lipinski definition) is 3. The number of rotatable bonds is 5. The molecular weight excluding hydrogens is 631 g/mol. The van der Waals surface area contributed by atoms with Crippen LogP contribution in [0.1, 0.15) is 23.4 Å².